The van der Waals surface area contributed by atoms with E-state index in [1.807, 2.05) is 19.1 Å². The zero-order valence-electron chi connectivity index (χ0n) is 19.8. The average Bonchev–Trinajstić information content (AvgIpc) is 3.31. The summed E-state index contributed by atoms with van der Waals surface area (Å²) in [6, 6.07) is 13.9. The number of aromatic nitrogens is 2. The van der Waals surface area contributed by atoms with Gasteiger partial charge in [-0.25, -0.2) is 8.42 Å². The summed E-state index contributed by atoms with van der Waals surface area (Å²) < 4.78 is 28.8. The highest BCUT2D eigenvalue weighted by atomic mass is 35.5. The first-order valence-electron chi connectivity index (χ1n) is 11.6. The Hall–Kier alpha value is -2.75. The van der Waals surface area contributed by atoms with Gasteiger partial charge in [0.25, 0.3) is 0 Å². The fraction of sp³-hybridized carbons (Fsp3) is 0.400. The normalized spacial score (nSPS) is 16.2. The maximum Gasteiger partial charge on any atom is 0.241 e. The van der Waals surface area contributed by atoms with Crippen molar-refractivity contribution < 1.29 is 17.7 Å². The van der Waals surface area contributed by atoms with E-state index in [1.165, 1.54) is 6.26 Å². The topological polar surface area (TPSA) is 105 Å². The van der Waals surface area contributed by atoms with Gasteiger partial charge >= 0.3 is 0 Å². The smallest absolute Gasteiger partial charge is 0.241 e. The molecule has 1 saturated heterocycles. The van der Waals surface area contributed by atoms with Gasteiger partial charge < -0.3 is 9.84 Å². The first kappa shape index (κ1) is 25.3. The number of nitrogens with one attached hydrogen (secondary N) is 1. The Morgan fingerprint density at radius 3 is 2.54 bits per heavy atom. The lowest BCUT2D eigenvalue weighted by molar-refractivity contribution is -0.127. The molecule has 2 heterocycles. The van der Waals surface area contributed by atoms with Crippen LogP contribution in [-0.2, 0) is 21.2 Å². The Balaban J connectivity index is 1.29. The standard InChI is InChI=1S/C25H29ClN4O4S/c1-3-22(17-7-9-21(10-8-17)35(2,32)33)27-25(31)18-11-13-30(14-12-18)16-23-28-24(29-34-23)19-5-4-6-20(26)15-19/h4-10,15,18,22H,3,11-14,16H2,1-2H3,(H,27,31). The largest absolute Gasteiger partial charge is 0.349 e. The Kier molecular flexibility index (Phi) is 7.88. The minimum atomic E-state index is -3.25. The summed E-state index contributed by atoms with van der Waals surface area (Å²) in [6.45, 7) is 4.05. The third-order valence-electron chi connectivity index (χ3n) is 6.30. The van der Waals surface area contributed by atoms with Crippen molar-refractivity contribution in [3.8, 4) is 11.4 Å². The molecule has 186 valence electrons. The van der Waals surface area contributed by atoms with Crippen LogP contribution in [0.25, 0.3) is 11.4 Å². The van der Waals surface area contributed by atoms with Crippen molar-refractivity contribution in [2.45, 2.75) is 43.7 Å². The number of sulfone groups is 1. The number of carbonyl (C=O) groups is 1. The maximum absolute atomic E-state index is 12.9. The van der Waals surface area contributed by atoms with Crippen molar-refractivity contribution in [3.63, 3.8) is 0 Å². The summed E-state index contributed by atoms with van der Waals surface area (Å²) in [5, 5.41) is 7.82. The Morgan fingerprint density at radius 2 is 1.91 bits per heavy atom. The van der Waals surface area contributed by atoms with Crippen molar-refractivity contribution in [1.82, 2.24) is 20.4 Å². The highest BCUT2D eigenvalue weighted by molar-refractivity contribution is 7.90. The molecule has 1 amide bonds. The van der Waals surface area contributed by atoms with Crippen LogP contribution in [0.1, 0.15) is 43.7 Å². The molecule has 1 aromatic heterocycles. The molecular formula is C25H29ClN4O4S. The van der Waals surface area contributed by atoms with Crippen molar-refractivity contribution in [3.05, 3.63) is 65.0 Å². The molecule has 4 rings (SSSR count). The van der Waals surface area contributed by atoms with Crippen LogP contribution in [0.15, 0.2) is 57.9 Å². The lowest BCUT2D eigenvalue weighted by Gasteiger charge is -2.31. The highest BCUT2D eigenvalue weighted by Gasteiger charge is 2.27. The van der Waals surface area contributed by atoms with Crippen LogP contribution in [0.4, 0.5) is 0 Å². The van der Waals surface area contributed by atoms with Crippen LogP contribution in [0.2, 0.25) is 5.02 Å². The van der Waals surface area contributed by atoms with Gasteiger partial charge in [-0.05, 0) is 62.2 Å². The van der Waals surface area contributed by atoms with Gasteiger partial charge in [0.15, 0.2) is 9.84 Å². The van der Waals surface area contributed by atoms with Gasteiger partial charge in [-0.1, -0.05) is 47.9 Å². The van der Waals surface area contributed by atoms with Crippen LogP contribution in [0.3, 0.4) is 0 Å². The zero-order valence-corrected chi connectivity index (χ0v) is 21.3. The van der Waals surface area contributed by atoms with Crippen LogP contribution < -0.4 is 5.32 Å². The molecular weight excluding hydrogens is 488 g/mol. The molecule has 10 heteroatoms. The summed E-state index contributed by atoms with van der Waals surface area (Å²) >= 11 is 6.05. The fourth-order valence-electron chi connectivity index (χ4n) is 4.27. The summed E-state index contributed by atoms with van der Waals surface area (Å²) in [5.74, 6) is 1.00. The van der Waals surface area contributed by atoms with E-state index in [0.29, 0.717) is 23.3 Å². The van der Waals surface area contributed by atoms with Crippen molar-refractivity contribution in [2.24, 2.45) is 5.92 Å². The van der Waals surface area contributed by atoms with Crippen LogP contribution in [0, 0.1) is 5.92 Å². The summed E-state index contributed by atoms with van der Waals surface area (Å²) in [7, 11) is -3.25. The fourth-order valence-corrected chi connectivity index (χ4v) is 5.09. The molecule has 35 heavy (non-hydrogen) atoms. The van der Waals surface area contributed by atoms with Gasteiger partial charge in [0.05, 0.1) is 17.5 Å². The van der Waals surface area contributed by atoms with Crippen molar-refractivity contribution >= 4 is 27.3 Å². The molecule has 0 radical (unpaired) electrons. The van der Waals surface area contributed by atoms with E-state index >= 15 is 0 Å². The highest BCUT2D eigenvalue weighted by Crippen LogP contribution is 2.24. The lowest BCUT2D eigenvalue weighted by Crippen LogP contribution is -2.41. The number of amides is 1. The predicted octanol–water partition coefficient (Wildman–Crippen LogP) is 4.27. The maximum atomic E-state index is 12.9. The van der Waals surface area contributed by atoms with E-state index < -0.39 is 9.84 Å². The third kappa shape index (κ3) is 6.48. The van der Waals surface area contributed by atoms with Crippen molar-refractivity contribution in [2.75, 3.05) is 19.3 Å². The monoisotopic (exact) mass is 516 g/mol. The van der Waals surface area contributed by atoms with Crippen molar-refractivity contribution in [1.29, 1.82) is 0 Å². The van der Waals surface area contributed by atoms with Gasteiger partial charge in [0.1, 0.15) is 0 Å². The van der Waals surface area contributed by atoms with E-state index in [9.17, 15) is 13.2 Å². The first-order chi connectivity index (χ1) is 16.7. The number of halogens is 1. The minimum absolute atomic E-state index is 0.0322. The third-order valence-corrected chi connectivity index (χ3v) is 7.67. The molecule has 3 aromatic rings. The van der Waals surface area contributed by atoms with E-state index in [1.54, 1.807) is 36.4 Å². The number of piperidine rings is 1. The van der Waals surface area contributed by atoms with E-state index in [2.05, 4.69) is 20.4 Å². The summed E-state index contributed by atoms with van der Waals surface area (Å²) in [5.41, 5.74) is 1.71. The van der Waals surface area contributed by atoms with Crippen LogP contribution in [-0.4, -0.2) is 48.7 Å². The number of nitrogens with zero attached hydrogens (tertiary/aromatic N) is 3. The molecule has 0 bridgehead atoms. The minimum Gasteiger partial charge on any atom is -0.349 e. The first-order valence-corrected chi connectivity index (χ1v) is 13.9. The van der Waals surface area contributed by atoms with Gasteiger partial charge in [-0.3, -0.25) is 9.69 Å². The molecule has 1 fully saturated rings. The Bertz CT molecular complexity index is 1270. The SMILES string of the molecule is CCC(NC(=O)C1CCN(Cc2nc(-c3cccc(Cl)c3)no2)CC1)c1ccc(S(C)(=O)=O)cc1. The molecule has 1 unspecified atom stereocenters. The summed E-state index contributed by atoms with van der Waals surface area (Å²) in [4.78, 5) is 19.9. The van der Waals surface area contributed by atoms with Crippen LogP contribution in [0.5, 0.6) is 0 Å². The number of likely N-dealkylation sites (tertiary alicyclic amines) is 1. The Labute approximate surface area is 210 Å². The number of benzene rings is 2. The molecule has 0 saturated carbocycles. The number of rotatable bonds is 8. The number of carbonyl (C=O) groups excluding carboxylic acids is 1. The van der Waals surface area contributed by atoms with Gasteiger partial charge in [-0.15, -0.1) is 0 Å². The molecule has 0 spiro atoms. The van der Waals surface area contributed by atoms with Gasteiger partial charge in [0, 0.05) is 22.8 Å². The molecule has 1 aliphatic rings. The summed E-state index contributed by atoms with van der Waals surface area (Å²) in [6.07, 6.45) is 3.38. The van der Waals surface area contributed by atoms with E-state index in [-0.39, 0.29) is 22.8 Å². The van der Waals surface area contributed by atoms with E-state index in [0.717, 1.165) is 43.5 Å². The van der Waals surface area contributed by atoms with Gasteiger partial charge in [-0.2, -0.15) is 4.98 Å². The molecule has 2 aromatic carbocycles. The zero-order chi connectivity index (χ0) is 25.0. The molecule has 0 aliphatic carbocycles. The number of hydrogen-bond donors (Lipinski definition) is 1. The number of hydrogen-bond acceptors (Lipinski definition) is 7. The Morgan fingerprint density at radius 1 is 1.20 bits per heavy atom. The predicted molar refractivity (Wildman–Crippen MR) is 133 cm³/mol. The molecule has 1 atom stereocenters. The van der Waals surface area contributed by atoms with E-state index in [4.69, 9.17) is 16.1 Å². The average molecular weight is 517 g/mol. The van der Waals surface area contributed by atoms with Crippen LogP contribution >= 0.6 is 11.6 Å². The quantitative estimate of drug-likeness (QED) is 0.476. The lowest BCUT2D eigenvalue weighted by atomic mass is 9.94. The second-order valence-electron chi connectivity index (χ2n) is 8.88. The molecule has 1 aliphatic heterocycles. The second-order valence-corrected chi connectivity index (χ2v) is 11.3. The second kappa shape index (κ2) is 10.9. The molecule has 8 nitrogen and oxygen atoms in total. The van der Waals surface area contributed by atoms with Gasteiger partial charge in [0.2, 0.25) is 17.6 Å². The molecule has 1 N–H and O–H groups in total.